The molecule has 2 heterocycles. The fraction of sp³-hybridized carbons (Fsp3) is 0.222. The van der Waals surface area contributed by atoms with E-state index in [1.165, 1.54) is 0 Å². The van der Waals surface area contributed by atoms with E-state index < -0.39 is 47.0 Å². The smallest absolute Gasteiger partial charge is 0.419 e. The van der Waals surface area contributed by atoms with Gasteiger partial charge in [-0.1, -0.05) is 0 Å². The van der Waals surface area contributed by atoms with Gasteiger partial charge in [0.1, 0.15) is 24.3 Å². The van der Waals surface area contributed by atoms with Crippen molar-refractivity contribution in [3.8, 4) is 11.3 Å². The first kappa shape index (κ1) is 21.0. The number of halogens is 4. The van der Waals surface area contributed by atoms with Gasteiger partial charge in [-0.2, -0.15) is 13.2 Å². The fourth-order valence-electron chi connectivity index (χ4n) is 2.78. The Bertz CT molecular complexity index is 1180. The first-order valence-electron chi connectivity index (χ1n) is 8.53. The second-order valence-corrected chi connectivity index (χ2v) is 6.00. The minimum absolute atomic E-state index is 0.0695. The van der Waals surface area contributed by atoms with Crippen molar-refractivity contribution in [2.75, 3.05) is 13.2 Å². The number of nitrogens with zero attached hydrogens (tertiary/aromatic N) is 2. The topological polar surface area (TPSA) is 106 Å². The molecule has 1 aromatic carbocycles. The molecule has 0 radical (unpaired) electrons. The molecule has 0 saturated carbocycles. The maximum atomic E-state index is 13.6. The second kappa shape index (κ2) is 7.97. The number of hydrogen-bond acceptors (Lipinski definition) is 5. The number of aromatic nitrogens is 3. The van der Waals surface area contributed by atoms with Crippen LogP contribution in [0, 0.1) is 5.82 Å². The molecule has 1 amide bonds. The van der Waals surface area contributed by atoms with Crippen molar-refractivity contribution in [3.05, 3.63) is 57.8 Å². The lowest BCUT2D eigenvalue weighted by atomic mass is 10.1. The van der Waals surface area contributed by atoms with Gasteiger partial charge in [-0.3, -0.25) is 19.5 Å². The number of carbonyl (C=O) groups is 2. The van der Waals surface area contributed by atoms with E-state index in [0.29, 0.717) is 12.1 Å². The Morgan fingerprint density at radius 3 is 2.67 bits per heavy atom. The summed E-state index contributed by atoms with van der Waals surface area (Å²) in [4.78, 5) is 40.2. The Hall–Kier alpha value is -3.70. The van der Waals surface area contributed by atoms with Crippen LogP contribution in [0.15, 0.2) is 35.4 Å². The Kier molecular flexibility index (Phi) is 5.58. The van der Waals surface area contributed by atoms with Gasteiger partial charge in [0.15, 0.2) is 11.1 Å². The van der Waals surface area contributed by atoms with Crippen molar-refractivity contribution in [2.45, 2.75) is 13.1 Å². The Balaban J connectivity index is 2.06. The number of esters is 1. The average molecular weight is 426 g/mol. The predicted molar refractivity (Wildman–Crippen MR) is 95.2 cm³/mol. The molecule has 8 nitrogen and oxygen atoms in total. The first-order valence-corrected chi connectivity index (χ1v) is 8.53. The standard InChI is InChI=1S/C18H14F4N4O4/c1-2-30-14(28)7-23-17(29)15-13(27)6-12(26-16(15)24-8-25-26)9-3-4-11(19)10(5-9)18(20,21)22/h3-6,8H,2,7H2,1H3,(H,23,29)(H,24,25). The van der Waals surface area contributed by atoms with Crippen LogP contribution < -0.4 is 10.7 Å². The zero-order valence-corrected chi connectivity index (χ0v) is 15.3. The van der Waals surface area contributed by atoms with E-state index in [1.807, 2.05) is 0 Å². The molecule has 0 bridgehead atoms. The summed E-state index contributed by atoms with van der Waals surface area (Å²) in [6.45, 7) is 1.20. The molecule has 0 aliphatic heterocycles. The molecule has 2 aromatic heterocycles. The summed E-state index contributed by atoms with van der Waals surface area (Å²) in [5, 5.41) is 4.81. The van der Waals surface area contributed by atoms with Gasteiger partial charge in [-0.25, -0.2) is 13.9 Å². The Morgan fingerprint density at radius 1 is 1.27 bits per heavy atom. The number of rotatable bonds is 5. The van der Waals surface area contributed by atoms with Gasteiger partial charge >= 0.3 is 12.1 Å². The molecule has 0 unspecified atom stereocenters. The number of hydrogen-bond donors (Lipinski definition) is 2. The van der Waals surface area contributed by atoms with Gasteiger partial charge in [0.25, 0.3) is 5.91 Å². The van der Waals surface area contributed by atoms with Crippen LogP contribution in [0.3, 0.4) is 0 Å². The van der Waals surface area contributed by atoms with E-state index in [9.17, 15) is 31.9 Å². The van der Waals surface area contributed by atoms with Gasteiger partial charge in [-0.05, 0) is 25.1 Å². The van der Waals surface area contributed by atoms with Gasteiger partial charge < -0.3 is 10.1 Å². The molecule has 0 spiro atoms. The highest BCUT2D eigenvalue weighted by Gasteiger charge is 2.34. The van der Waals surface area contributed by atoms with Gasteiger partial charge in [0.05, 0.1) is 17.9 Å². The number of fused-ring (bicyclic) bond motifs is 1. The van der Waals surface area contributed by atoms with E-state index in [2.05, 4.69) is 20.1 Å². The van der Waals surface area contributed by atoms with Crippen LogP contribution in [0.5, 0.6) is 0 Å². The molecule has 2 N–H and O–H groups in total. The number of nitrogens with one attached hydrogen (secondary N) is 2. The van der Waals surface area contributed by atoms with E-state index in [-0.39, 0.29) is 23.5 Å². The van der Waals surface area contributed by atoms with Crippen LogP contribution in [0.2, 0.25) is 0 Å². The Morgan fingerprint density at radius 2 is 2.00 bits per heavy atom. The lowest BCUT2D eigenvalue weighted by Crippen LogP contribution is -2.34. The summed E-state index contributed by atoms with van der Waals surface area (Å²) >= 11 is 0. The quantitative estimate of drug-likeness (QED) is 0.481. The highest BCUT2D eigenvalue weighted by atomic mass is 19.4. The zero-order valence-electron chi connectivity index (χ0n) is 15.3. The predicted octanol–water partition coefficient (Wildman–Crippen LogP) is 2.14. The number of alkyl halides is 3. The third-order valence-corrected chi connectivity index (χ3v) is 4.06. The summed E-state index contributed by atoms with van der Waals surface area (Å²) in [6.07, 6.45) is -3.82. The van der Waals surface area contributed by atoms with Crippen LogP contribution in [-0.4, -0.2) is 39.6 Å². The van der Waals surface area contributed by atoms with Crippen molar-refractivity contribution in [3.63, 3.8) is 0 Å². The summed E-state index contributed by atoms with van der Waals surface area (Å²) in [7, 11) is 0. The molecule has 0 aliphatic carbocycles. The number of H-pyrrole nitrogens is 1. The van der Waals surface area contributed by atoms with Gasteiger partial charge in [0, 0.05) is 11.6 Å². The van der Waals surface area contributed by atoms with Crippen LogP contribution in [0.4, 0.5) is 17.6 Å². The maximum Gasteiger partial charge on any atom is 0.419 e. The highest BCUT2D eigenvalue weighted by molar-refractivity contribution is 6.01. The molecule has 0 aliphatic rings. The van der Waals surface area contributed by atoms with Crippen LogP contribution in [0.25, 0.3) is 16.9 Å². The third-order valence-electron chi connectivity index (χ3n) is 4.06. The number of amides is 1. The van der Waals surface area contributed by atoms with Gasteiger partial charge in [0.2, 0.25) is 0 Å². The summed E-state index contributed by atoms with van der Waals surface area (Å²) < 4.78 is 58.5. The molecule has 3 rings (SSSR count). The minimum atomic E-state index is -4.94. The number of benzene rings is 1. The molecule has 0 saturated heterocycles. The summed E-state index contributed by atoms with van der Waals surface area (Å²) in [5.74, 6) is -3.10. The van der Waals surface area contributed by atoms with E-state index in [4.69, 9.17) is 0 Å². The SMILES string of the molecule is CCOC(=O)CNC(=O)c1c(=O)cc(-c2ccc(F)c(C(F)(F)F)c2)n2[nH]cnc12. The number of ether oxygens (including phenoxy) is 1. The highest BCUT2D eigenvalue weighted by Crippen LogP contribution is 2.34. The molecule has 3 aromatic rings. The molecule has 158 valence electrons. The maximum absolute atomic E-state index is 13.6. The van der Waals surface area contributed by atoms with Crippen molar-refractivity contribution in [2.24, 2.45) is 0 Å². The third kappa shape index (κ3) is 4.02. The van der Waals surface area contributed by atoms with Crippen molar-refractivity contribution in [1.29, 1.82) is 0 Å². The zero-order chi connectivity index (χ0) is 22.1. The molecule has 12 heteroatoms. The second-order valence-electron chi connectivity index (χ2n) is 6.00. The molecule has 30 heavy (non-hydrogen) atoms. The fourth-order valence-corrected chi connectivity index (χ4v) is 2.78. The van der Waals surface area contributed by atoms with Crippen LogP contribution in [0.1, 0.15) is 22.8 Å². The van der Waals surface area contributed by atoms with E-state index in [1.54, 1.807) is 6.92 Å². The summed E-state index contributed by atoms with van der Waals surface area (Å²) in [5.41, 5.74) is -3.16. The Labute approximate surface area is 165 Å². The van der Waals surface area contributed by atoms with E-state index in [0.717, 1.165) is 23.0 Å². The lowest BCUT2D eigenvalue weighted by molar-refractivity contribution is -0.142. The molecule has 0 fully saturated rings. The lowest BCUT2D eigenvalue weighted by Gasteiger charge is -2.12. The minimum Gasteiger partial charge on any atom is -0.465 e. The van der Waals surface area contributed by atoms with Crippen molar-refractivity contribution in [1.82, 2.24) is 19.9 Å². The summed E-state index contributed by atoms with van der Waals surface area (Å²) in [6, 6.07) is 3.16. The van der Waals surface area contributed by atoms with E-state index >= 15 is 0 Å². The first-order chi connectivity index (χ1) is 14.1. The normalized spacial score (nSPS) is 11.5. The molecular weight excluding hydrogens is 412 g/mol. The van der Waals surface area contributed by atoms with Gasteiger partial charge in [-0.15, -0.1) is 0 Å². The monoisotopic (exact) mass is 426 g/mol. The molecular formula is C18H14F4N4O4. The number of aromatic amines is 1. The average Bonchev–Trinajstić information content (AvgIpc) is 3.14. The van der Waals surface area contributed by atoms with Crippen molar-refractivity contribution < 1.29 is 31.9 Å². The van der Waals surface area contributed by atoms with Crippen LogP contribution >= 0.6 is 0 Å². The molecule has 0 atom stereocenters. The number of pyridine rings is 1. The van der Waals surface area contributed by atoms with Crippen LogP contribution in [-0.2, 0) is 15.7 Å². The largest absolute Gasteiger partial charge is 0.465 e. The number of carbonyl (C=O) groups excluding carboxylic acids is 2. The van der Waals surface area contributed by atoms with Crippen molar-refractivity contribution >= 4 is 17.5 Å².